The van der Waals surface area contributed by atoms with Crippen molar-refractivity contribution < 1.29 is 19.1 Å². The molecule has 4 heteroatoms. The van der Waals surface area contributed by atoms with Crippen LogP contribution < -0.4 is 0 Å². The average molecular weight is 371 g/mol. The molecule has 0 saturated carbocycles. The van der Waals surface area contributed by atoms with Gasteiger partial charge in [0.05, 0.1) is 13.0 Å². The molecular formula is C22H42O4. The second kappa shape index (κ2) is 18.7. The van der Waals surface area contributed by atoms with Crippen molar-refractivity contribution in [3.63, 3.8) is 0 Å². The fourth-order valence-corrected chi connectivity index (χ4v) is 3.24. The van der Waals surface area contributed by atoms with Gasteiger partial charge in [0, 0.05) is 6.92 Å². The Bertz CT molecular complexity index is 341. The Labute approximate surface area is 161 Å². The minimum absolute atomic E-state index is 0.139. The zero-order chi connectivity index (χ0) is 19.5. The molecule has 0 aromatic rings. The van der Waals surface area contributed by atoms with Crippen LogP contribution >= 0.6 is 0 Å². The van der Waals surface area contributed by atoms with Gasteiger partial charge in [-0.1, -0.05) is 96.8 Å². The Morgan fingerprint density at radius 3 is 1.54 bits per heavy atom. The maximum absolute atomic E-state index is 11.7. The minimum atomic E-state index is -0.347. The van der Waals surface area contributed by atoms with Gasteiger partial charge in [-0.2, -0.15) is 0 Å². The van der Waals surface area contributed by atoms with Crippen molar-refractivity contribution in [2.24, 2.45) is 5.92 Å². The largest absolute Gasteiger partial charge is 0.469 e. The Balaban J connectivity index is 3.44. The van der Waals surface area contributed by atoms with E-state index in [-0.39, 0.29) is 24.5 Å². The molecule has 0 bridgehead atoms. The summed E-state index contributed by atoms with van der Waals surface area (Å²) in [5.74, 6) is -0.943. The fourth-order valence-electron chi connectivity index (χ4n) is 3.24. The number of hydrogen-bond acceptors (Lipinski definition) is 4. The summed E-state index contributed by atoms with van der Waals surface area (Å²) in [6.07, 6.45) is 19.2. The summed E-state index contributed by atoms with van der Waals surface area (Å²) in [6.45, 7) is 3.77. The number of esters is 2. The lowest BCUT2D eigenvalue weighted by molar-refractivity contribution is -0.152. The number of hydrogen-bond donors (Lipinski definition) is 0. The highest BCUT2D eigenvalue weighted by Gasteiger charge is 2.20. The molecule has 0 saturated heterocycles. The van der Waals surface area contributed by atoms with E-state index in [1.54, 1.807) is 0 Å². The molecule has 0 amide bonds. The fraction of sp³-hybridized carbons (Fsp3) is 0.909. The van der Waals surface area contributed by atoms with Gasteiger partial charge in [0.15, 0.2) is 0 Å². The first-order chi connectivity index (χ1) is 12.6. The minimum Gasteiger partial charge on any atom is -0.469 e. The maximum Gasteiger partial charge on any atom is 0.312 e. The van der Waals surface area contributed by atoms with Crippen LogP contribution in [-0.4, -0.2) is 25.7 Å². The van der Waals surface area contributed by atoms with Gasteiger partial charge in [-0.3, -0.25) is 9.59 Å². The molecule has 0 aromatic heterocycles. The smallest absolute Gasteiger partial charge is 0.312 e. The molecule has 0 aliphatic heterocycles. The lowest BCUT2D eigenvalue weighted by Gasteiger charge is -2.14. The molecule has 0 aliphatic rings. The summed E-state index contributed by atoms with van der Waals surface area (Å²) in [4.78, 5) is 22.6. The molecule has 0 spiro atoms. The Kier molecular flexibility index (Phi) is 18.0. The number of rotatable bonds is 18. The van der Waals surface area contributed by atoms with Crippen LogP contribution in [0, 0.1) is 5.92 Å². The normalized spacial score (nSPS) is 12.0. The second-order valence-electron chi connectivity index (χ2n) is 7.41. The van der Waals surface area contributed by atoms with Crippen molar-refractivity contribution in [3.8, 4) is 0 Å². The van der Waals surface area contributed by atoms with Gasteiger partial charge in [0.2, 0.25) is 0 Å². The monoisotopic (exact) mass is 370 g/mol. The van der Waals surface area contributed by atoms with Crippen LogP contribution in [-0.2, 0) is 19.1 Å². The number of methoxy groups -OCH3 is 1. The Hall–Kier alpha value is -1.06. The molecule has 0 aliphatic carbocycles. The number of carbonyl (C=O) groups excluding carboxylic acids is 2. The summed E-state index contributed by atoms with van der Waals surface area (Å²) in [6, 6.07) is 0. The summed E-state index contributed by atoms with van der Waals surface area (Å²) < 4.78 is 9.74. The number of unbranched alkanes of at least 4 members (excludes halogenated alkanes) is 13. The van der Waals surface area contributed by atoms with Gasteiger partial charge in [-0.15, -0.1) is 0 Å². The molecule has 0 rings (SSSR count). The lowest BCUT2D eigenvalue weighted by atomic mass is 10.0. The zero-order valence-electron chi connectivity index (χ0n) is 17.5. The molecule has 1 unspecified atom stereocenters. The second-order valence-corrected chi connectivity index (χ2v) is 7.41. The van der Waals surface area contributed by atoms with Crippen LogP contribution in [0.5, 0.6) is 0 Å². The quantitative estimate of drug-likeness (QED) is 0.212. The Morgan fingerprint density at radius 1 is 0.731 bits per heavy atom. The molecule has 0 fully saturated rings. The van der Waals surface area contributed by atoms with E-state index in [4.69, 9.17) is 9.47 Å². The molecule has 1 atom stereocenters. The van der Waals surface area contributed by atoms with Crippen molar-refractivity contribution in [3.05, 3.63) is 0 Å². The maximum atomic E-state index is 11.7. The van der Waals surface area contributed by atoms with Crippen molar-refractivity contribution in [1.29, 1.82) is 0 Å². The first kappa shape index (κ1) is 24.9. The standard InChI is InChI=1S/C22H42O4/c1-4-5-6-7-8-9-10-11-12-13-14-15-16-17-18-21(22(24)25-3)19-26-20(2)23/h21H,4-19H2,1-3H3. The first-order valence-corrected chi connectivity index (χ1v) is 10.8. The third kappa shape index (κ3) is 16.4. The molecule has 0 aromatic carbocycles. The van der Waals surface area contributed by atoms with E-state index in [2.05, 4.69) is 6.92 Å². The van der Waals surface area contributed by atoms with Crippen LogP contribution in [0.15, 0.2) is 0 Å². The van der Waals surface area contributed by atoms with Gasteiger partial charge in [-0.25, -0.2) is 0 Å². The van der Waals surface area contributed by atoms with Gasteiger partial charge in [0.25, 0.3) is 0 Å². The van der Waals surface area contributed by atoms with Gasteiger partial charge in [-0.05, 0) is 6.42 Å². The predicted molar refractivity (Wildman–Crippen MR) is 107 cm³/mol. The van der Waals surface area contributed by atoms with E-state index < -0.39 is 0 Å². The highest BCUT2D eigenvalue weighted by atomic mass is 16.5. The summed E-state index contributed by atoms with van der Waals surface area (Å²) in [7, 11) is 1.38. The van der Waals surface area contributed by atoms with Crippen molar-refractivity contribution in [2.45, 2.75) is 110 Å². The zero-order valence-corrected chi connectivity index (χ0v) is 17.5. The Morgan fingerprint density at radius 2 is 1.15 bits per heavy atom. The molecule has 154 valence electrons. The molecule has 0 heterocycles. The number of ether oxygens (including phenoxy) is 2. The van der Waals surface area contributed by atoms with Crippen molar-refractivity contribution in [1.82, 2.24) is 0 Å². The molecule has 0 radical (unpaired) electrons. The van der Waals surface area contributed by atoms with Crippen LogP contribution in [0.4, 0.5) is 0 Å². The summed E-state index contributed by atoms with van der Waals surface area (Å²) >= 11 is 0. The van der Waals surface area contributed by atoms with Gasteiger partial charge >= 0.3 is 11.9 Å². The topological polar surface area (TPSA) is 52.6 Å². The van der Waals surface area contributed by atoms with Gasteiger partial charge < -0.3 is 9.47 Å². The van der Waals surface area contributed by atoms with Crippen LogP contribution in [0.3, 0.4) is 0 Å². The van der Waals surface area contributed by atoms with E-state index in [1.807, 2.05) is 0 Å². The van der Waals surface area contributed by atoms with Crippen LogP contribution in [0.2, 0.25) is 0 Å². The van der Waals surface area contributed by atoms with E-state index in [0.717, 1.165) is 19.3 Å². The third-order valence-corrected chi connectivity index (χ3v) is 4.93. The van der Waals surface area contributed by atoms with Crippen molar-refractivity contribution in [2.75, 3.05) is 13.7 Å². The van der Waals surface area contributed by atoms with Gasteiger partial charge in [0.1, 0.15) is 6.61 Å². The van der Waals surface area contributed by atoms with Crippen LogP contribution in [0.25, 0.3) is 0 Å². The molecule has 4 nitrogen and oxygen atoms in total. The molecule has 0 N–H and O–H groups in total. The molecule has 26 heavy (non-hydrogen) atoms. The highest BCUT2D eigenvalue weighted by Crippen LogP contribution is 2.16. The first-order valence-electron chi connectivity index (χ1n) is 10.8. The number of carbonyl (C=O) groups is 2. The average Bonchev–Trinajstić information content (AvgIpc) is 2.63. The predicted octanol–water partition coefficient (Wildman–Crippen LogP) is 6.21. The SMILES string of the molecule is CCCCCCCCCCCCCCCCC(COC(C)=O)C(=O)OC. The summed E-state index contributed by atoms with van der Waals surface area (Å²) in [5.41, 5.74) is 0. The van der Waals surface area contributed by atoms with E-state index in [0.29, 0.717) is 0 Å². The van der Waals surface area contributed by atoms with Crippen LogP contribution in [0.1, 0.15) is 110 Å². The van der Waals surface area contributed by atoms with E-state index in [9.17, 15) is 9.59 Å². The summed E-state index contributed by atoms with van der Waals surface area (Å²) in [5, 5.41) is 0. The lowest BCUT2D eigenvalue weighted by Crippen LogP contribution is -2.22. The molecular weight excluding hydrogens is 328 g/mol. The van der Waals surface area contributed by atoms with E-state index >= 15 is 0 Å². The third-order valence-electron chi connectivity index (χ3n) is 4.93. The van der Waals surface area contributed by atoms with Crippen molar-refractivity contribution >= 4 is 11.9 Å². The highest BCUT2D eigenvalue weighted by molar-refractivity contribution is 5.73. The van der Waals surface area contributed by atoms with E-state index in [1.165, 1.54) is 91.1 Å².